The minimum absolute atomic E-state index is 0.108. The van der Waals surface area contributed by atoms with Crippen molar-refractivity contribution in [3.8, 4) is 0 Å². The average Bonchev–Trinajstić information content (AvgIpc) is 3.20. The van der Waals surface area contributed by atoms with Gasteiger partial charge in [-0.1, -0.05) is 18.6 Å². The van der Waals surface area contributed by atoms with Gasteiger partial charge in [-0.2, -0.15) is 0 Å². The highest BCUT2D eigenvalue weighted by Crippen LogP contribution is 2.21. The molecule has 0 radical (unpaired) electrons. The summed E-state index contributed by atoms with van der Waals surface area (Å²) < 4.78 is 7.50. The van der Waals surface area contributed by atoms with Crippen molar-refractivity contribution in [1.29, 1.82) is 0 Å². The summed E-state index contributed by atoms with van der Waals surface area (Å²) in [6.07, 6.45) is 10.4. The van der Waals surface area contributed by atoms with Gasteiger partial charge >= 0.3 is 6.09 Å². The van der Waals surface area contributed by atoms with Gasteiger partial charge in [0.25, 0.3) is 0 Å². The topological polar surface area (TPSA) is 88.5 Å². The number of anilines is 1. The second kappa shape index (κ2) is 12.1. The minimum Gasteiger partial charge on any atom is -0.446 e. The van der Waals surface area contributed by atoms with E-state index in [1.807, 2.05) is 46.9 Å². The Bertz CT molecular complexity index is 826. The van der Waals surface area contributed by atoms with E-state index in [1.165, 1.54) is 19.3 Å². The second-order valence-electron chi connectivity index (χ2n) is 8.03. The van der Waals surface area contributed by atoms with E-state index in [0.29, 0.717) is 6.41 Å². The molecular formula is C23H33N5O3. The fourth-order valence-electron chi connectivity index (χ4n) is 3.84. The van der Waals surface area contributed by atoms with Gasteiger partial charge in [-0.15, -0.1) is 0 Å². The van der Waals surface area contributed by atoms with Gasteiger partial charge in [0.05, 0.1) is 12.0 Å². The summed E-state index contributed by atoms with van der Waals surface area (Å²) in [5.74, 6) is 0. The van der Waals surface area contributed by atoms with Crippen molar-refractivity contribution in [2.24, 2.45) is 0 Å². The molecule has 2 heterocycles. The molecule has 0 spiro atoms. The highest BCUT2D eigenvalue weighted by Gasteiger charge is 2.22. The van der Waals surface area contributed by atoms with Gasteiger partial charge in [0.2, 0.25) is 6.41 Å². The van der Waals surface area contributed by atoms with E-state index in [4.69, 9.17) is 4.74 Å². The van der Waals surface area contributed by atoms with Gasteiger partial charge < -0.3 is 24.8 Å². The van der Waals surface area contributed by atoms with Crippen LogP contribution in [0.15, 0.2) is 36.8 Å². The van der Waals surface area contributed by atoms with E-state index in [9.17, 15) is 9.59 Å². The van der Waals surface area contributed by atoms with Crippen LogP contribution in [0.1, 0.15) is 43.4 Å². The molecule has 1 aromatic carbocycles. The van der Waals surface area contributed by atoms with E-state index < -0.39 is 0 Å². The predicted molar refractivity (Wildman–Crippen MR) is 120 cm³/mol. The lowest BCUT2D eigenvalue weighted by molar-refractivity contribution is -0.105. The van der Waals surface area contributed by atoms with Crippen LogP contribution in [0.5, 0.6) is 0 Å². The molecule has 2 N–H and O–H groups in total. The number of carbonyl (C=O) groups excluding carboxylic acids is 2. The first-order chi connectivity index (χ1) is 15.1. The van der Waals surface area contributed by atoms with Crippen molar-refractivity contribution in [2.75, 3.05) is 31.5 Å². The Morgan fingerprint density at radius 1 is 1.26 bits per heavy atom. The monoisotopic (exact) mass is 427 g/mol. The van der Waals surface area contributed by atoms with Crippen LogP contribution in [-0.2, 0) is 16.1 Å². The quantitative estimate of drug-likeness (QED) is 0.716. The van der Waals surface area contributed by atoms with E-state index in [0.717, 1.165) is 62.5 Å². The molecule has 4 rings (SSSR count). The third-order valence-corrected chi connectivity index (χ3v) is 5.47. The number of rotatable bonds is 5. The van der Waals surface area contributed by atoms with E-state index in [-0.39, 0.29) is 12.2 Å². The molecule has 2 fully saturated rings. The highest BCUT2D eigenvalue weighted by molar-refractivity contribution is 5.71. The summed E-state index contributed by atoms with van der Waals surface area (Å²) >= 11 is 0. The van der Waals surface area contributed by atoms with Crippen molar-refractivity contribution in [1.82, 2.24) is 19.8 Å². The number of benzene rings is 1. The highest BCUT2D eigenvalue weighted by atomic mass is 16.6. The number of carbonyl (C=O) groups is 2. The molecular weight excluding hydrogens is 394 g/mol. The van der Waals surface area contributed by atoms with Crippen LogP contribution in [0.3, 0.4) is 0 Å². The normalized spacial score (nSPS) is 16.7. The van der Waals surface area contributed by atoms with Crippen LogP contribution in [0.2, 0.25) is 0 Å². The van der Waals surface area contributed by atoms with Crippen LogP contribution < -0.4 is 10.6 Å². The van der Waals surface area contributed by atoms with E-state index in [1.54, 1.807) is 6.33 Å². The van der Waals surface area contributed by atoms with Crippen molar-refractivity contribution in [3.63, 3.8) is 0 Å². The Morgan fingerprint density at radius 2 is 2.03 bits per heavy atom. The third-order valence-electron chi connectivity index (χ3n) is 5.47. The molecule has 8 nitrogen and oxygen atoms in total. The van der Waals surface area contributed by atoms with Crippen molar-refractivity contribution >= 4 is 18.2 Å². The maximum absolute atomic E-state index is 11.7. The summed E-state index contributed by atoms with van der Waals surface area (Å²) in [7, 11) is 0. The lowest BCUT2D eigenvalue weighted by Crippen LogP contribution is -2.47. The number of nitrogens with one attached hydrogen (secondary N) is 2. The van der Waals surface area contributed by atoms with Crippen LogP contribution in [0, 0.1) is 6.92 Å². The van der Waals surface area contributed by atoms with E-state index in [2.05, 4.69) is 15.6 Å². The molecule has 0 bridgehead atoms. The number of hydrogen-bond donors (Lipinski definition) is 2. The van der Waals surface area contributed by atoms with Crippen LogP contribution in [0.4, 0.5) is 10.5 Å². The van der Waals surface area contributed by atoms with Gasteiger partial charge in [-0.25, -0.2) is 9.78 Å². The molecule has 168 valence electrons. The molecule has 1 aromatic heterocycles. The third kappa shape index (κ3) is 7.71. The number of ether oxygens (including phenoxy) is 1. The lowest BCUT2D eigenvalue weighted by atomic mass is 9.98. The Balaban J connectivity index is 0.000000176. The number of amides is 2. The molecule has 8 heteroatoms. The molecule has 31 heavy (non-hydrogen) atoms. The molecule has 2 aliphatic rings. The summed E-state index contributed by atoms with van der Waals surface area (Å²) in [4.78, 5) is 28.0. The fraction of sp³-hybridized carbons (Fsp3) is 0.522. The van der Waals surface area contributed by atoms with Crippen LogP contribution in [0.25, 0.3) is 0 Å². The molecule has 1 aliphatic heterocycles. The van der Waals surface area contributed by atoms with Gasteiger partial charge in [0, 0.05) is 44.6 Å². The van der Waals surface area contributed by atoms with Gasteiger partial charge in [0.1, 0.15) is 6.10 Å². The van der Waals surface area contributed by atoms with E-state index >= 15 is 0 Å². The maximum Gasteiger partial charge on any atom is 0.410 e. The first kappa shape index (κ1) is 22.8. The summed E-state index contributed by atoms with van der Waals surface area (Å²) in [5.41, 5.74) is 2.94. The molecule has 2 aromatic rings. The SMILES string of the molecule is Cc1cn(Cc2cccc(NC=O)c2)cn1.O=C(OC1CCCCC1)N1CCNCC1. The zero-order valence-electron chi connectivity index (χ0n) is 18.3. The smallest absolute Gasteiger partial charge is 0.410 e. The lowest BCUT2D eigenvalue weighted by Gasteiger charge is -2.29. The summed E-state index contributed by atoms with van der Waals surface area (Å²) in [6.45, 7) is 6.06. The minimum atomic E-state index is -0.108. The van der Waals surface area contributed by atoms with Gasteiger partial charge in [0.15, 0.2) is 0 Å². The van der Waals surface area contributed by atoms with Crippen molar-refractivity contribution in [2.45, 2.75) is 51.7 Å². The first-order valence-corrected chi connectivity index (χ1v) is 11.1. The number of piperazine rings is 1. The molecule has 0 atom stereocenters. The predicted octanol–water partition coefficient (Wildman–Crippen LogP) is 3.17. The zero-order chi connectivity index (χ0) is 21.9. The number of aryl methyl sites for hydroxylation is 1. The van der Waals surface area contributed by atoms with Crippen LogP contribution in [-0.4, -0.2) is 59.2 Å². The van der Waals surface area contributed by atoms with Crippen molar-refractivity contribution in [3.05, 3.63) is 48.0 Å². The second-order valence-corrected chi connectivity index (χ2v) is 8.03. The molecule has 1 saturated carbocycles. The molecule has 0 unspecified atom stereocenters. The van der Waals surface area contributed by atoms with Crippen LogP contribution >= 0.6 is 0 Å². The Morgan fingerprint density at radius 3 is 2.71 bits per heavy atom. The summed E-state index contributed by atoms with van der Waals surface area (Å²) in [5, 5.41) is 5.86. The van der Waals surface area contributed by atoms with Crippen molar-refractivity contribution < 1.29 is 14.3 Å². The fourth-order valence-corrected chi connectivity index (χ4v) is 3.84. The number of imidazole rings is 1. The molecule has 2 amide bonds. The molecule has 1 saturated heterocycles. The Hall–Kier alpha value is -2.87. The average molecular weight is 428 g/mol. The largest absolute Gasteiger partial charge is 0.446 e. The first-order valence-electron chi connectivity index (χ1n) is 11.1. The summed E-state index contributed by atoms with van der Waals surface area (Å²) in [6, 6.07) is 7.75. The Kier molecular flexibility index (Phi) is 8.90. The maximum atomic E-state index is 11.7. The number of aromatic nitrogens is 2. The standard InChI is InChI=1S/C12H13N3O.C11H20N2O2/c1-10-6-15(8-13-10)7-11-3-2-4-12(5-11)14-9-16;14-11(13-8-6-12-7-9-13)15-10-4-2-1-3-5-10/h2-6,8-9H,7H2,1H3,(H,14,16);10,12H,1-9H2. The zero-order valence-corrected chi connectivity index (χ0v) is 18.3. The molecule has 1 aliphatic carbocycles. The van der Waals surface area contributed by atoms with Gasteiger partial charge in [-0.3, -0.25) is 4.79 Å². The number of hydrogen-bond acceptors (Lipinski definition) is 5. The van der Waals surface area contributed by atoms with Gasteiger partial charge in [-0.05, 0) is 50.3 Å². The Labute approximate surface area is 184 Å². The number of nitrogens with zero attached hydrogens (tertiary/aromatic N) is 3.